The zero-order valence-corrected chi connectivity index (χ0v) is 13.1. The second-order valence-corrected chi connectivity index (χ2v) is 7.35. The summed E-state index contributed by atoms with van der Waals surface area (Å²) in [6, 6.07) is 4.44. The lowest BCUT2D eigenvalue weighted by Crippen LogP contribution is -2.33. The molecule has 2 unspecified atom stereocenters. The molecule has 0 saturated heterocycles. The van der Waals surface area contributed by atoms with Crippen molar-refractivity contribution in [3.05, 3.63) is 34.6 Å². The maximum absolute atomic E-state index is 13.1. The summed E-state index contributed by atoms with van der Waals surface area (Å²) in [7, 11) is 0. The van der Waals surface area contributed by atoms with Gasteiger partial charge in [0.1, 0.15) is 11.6 Å². The highest BCUT2D eigenvalue weighted by atomic mass is 35.5. The molecule has 1 aromatic rings. The maximum Gasteiger partial charge on any atom is 0.136 e. The zero-order valence-electron chi connectivity index (χ0n) is 12.4. The summed E-state index contributed by atoms with van der Waals surface area (Å²) < 4.78 is 13.1. The Morgan fingerprint density at radius 2 is 2.05 bits per heavy atom. The predicted octanol–water partition coefficient (Wildman–Crippen LogP) is 5.05. The van der Waals surface area contributed by atoms with Crippen LogP contribution in [0.2, 0.25) is 5.02 Å². The van der Waals surface area contributed by atoms with E-state index in [0.717, 1.165) is 18.4 Å². The van der Waals surface area contributed by atoms with Crippen LogP contribution in [0.3, 0.4) is 0 Å². The van der Waals surface area contributed by atoms with E-state index >= 15 is 0 Å². The van der Waals surface area contributed by atoms with Crippen LogP contribution in [0.15, 0.2) is 18.2 Å². The fourth-order valence-electron chi connectivity index (χ4n) is 3.05. The van der Waals surface area contributed by atoms with E-state index in [1.165, 1.54) is 12.1 Å². The minimum absolute atomic E-state index is 0.0240. The lowest BCUT2D eigenvalue weighted by Gasteiger charge is -2.37. The summed E-state index contributed by atoms with van der Waals surface area (Å²) >= 11 is 6.07. The Balaban J connectivity index is 2.12. The normalized spacial score (nSPS) is 23.9. The third-order valence-electron chi connectivity index (χ3n) is 4.47. The standard InChI is InChI=1S/C17H22ClFO/c1-17(2,3)13-5-7-16(20)12(9-13)8-11-4-6-14(19)10-15(11)18/h4,6,10,12-13H,5,7-9H2,1-3H3. The van der Waals surface area contributed by atoms with Gasteiger partial charge in [-0.3, -0.25) is 4.79 Å². The van der Waals surface area contributed by atoms with E-state index in [9.17, 15) is 9.18 Å². The molecule has 1 nitrogen and oxygen atoms in total. The molecule has 0 aromatic heterocycles. The van der Waals surface area contributed by atoms with E-state index in [1.807, 2.05) is 0 Å². The molecule has 1 aliphatic rings. The number of benzene rings is 1. The molecule has 3 heteroatoms. The number of rotatable bonds is 2. The van der Waals surface area contributed by atoms with E-state index in [-0.39, 0.29) is 17.2 Å². The van der Waals surface area contributed by atoms with Crippen molar-refractivity contribution in [3.8, 4) is 0 Å². The average Bonchev–Trinajstić information content (AvgIpc) is 2.33. The Morgan fingerprint density at radius 3 is 2.65 bits per heavy atom. The molecule has 2 atom stereocenters. The summed E-state index contributed by atoms with van der Waals surface area (Å²) in [5, 5.41) is 0.427. The summed E-state index contributed by atoms with van der Waals surface area (Å²) in [6.45, 7) is 6.69. The molecule has 1 aliphatic carbocycles. The minimum Gasteiger partial charge on any atom is -0.299 e. The molecule has 1 fully saturated rings. The van der Waals surface area contributed by atoms with Crippen LogP contribution in [0.4, 0.5) is 4.39 Å². The average molecular weight is 297 g/mol. The topological polar surface area (TPSA) is 17.1 Å². The zero-order chi connectivity index (χ0) is 14.9. The van der Waals surface area contributed by atoms with Crippen LogP contribution >= 0.6 is 11.6 Å². The van der Waals surface area contributed by atoms with Gasteiger partial charge in [-0.15, -0.1) is 0 Å². The van der Waals surface area contributed by atoms with Crippen LogP contribution in [0.25, 0.3) is 0 Å². The van der Waals surface area contributed by atoms with Gasteiger partial charge in [0.25, 0.3) is 0 Å². The Hall–Kier alpha value is -0.890. The largest absolute Gasteiger partial charge is 0.299 e. The highest BCUT2D eigenvalue weighted by Crippen LogP contribution is 2.40. The number of Topliss-reactive ketones (excluding diaryl/α,β-unsaturated/α-hetero) is 1. The van der Waals surface area contributed by atoms with E-state index in [4.69, 9.17) is 11.6 Å². The van der Waals surface area contributed by atoms with Crippen LogP contribution in [-0.2, 0) is 11.2 Å². The van der Waals surface area contributed by atoms with Gasteiger partial charge in [-0.25, -0.2) is 4.39 Å². The fraction of sp³-hybridized carbons (Fsp3) is 0.588. The van der Waals surface area contributed by atoms with E-state index in [2.05, 4.69) is 20.8 Å². The smallest absolute Gasteiger partial charge is 0.136 e. The maximum atomic E-state index is 13.1. The lowest BCUT2D eigenvalue weighted by molar-refractivity contribution is -0.126. The first-order chi connectivity index (χ1) is 9.27. The Labute approximate surface area is 125 Å². The third-order valence-corrected chi connectivity index (χ3v) is 4.82. The number of hydrogen-bond donors (Lipinski definition) is 0. The van der Waals surface area contributed by atoms with Crippen LogP contribution in [-0.4, -0.2) is 5.78 Å². The van der Waals surface area contributed by atoms with Crippen LogP contribution in [0.1, 0.15) is 45.6 Å². The number of ketones is 1. The number of halogens is 2. The van der Waals surface area contributed by atoms with E-state index in [1.54, 1.807) is 6.07 Å². The van der Waals surface area contributed by atoms with Crippen LogP contribution in [0.5, 0.6) is 0 Å². The van der Waals surface area contributed by atoms with E-state index < -0.39 is 0 Å². The highest BCUT2D eigenvalue weighted by molar-refractivity contribution is 6.31. The molecule has 0 N–H and O–H groups in total. The van der Waals surface area contributed by atoms with Crippen molar-refractivity contribution in [3.63, 3.8) is 0 Å². The molecule has 2 rings (SSSR count). The highest BCUT2D eigenvalue weighted by Gasteiger charge is 2.34. The molecule has 1 saturated carbocycles. The van der Waals surface area contributed by atoms with Crippen LogP contribution < -0.4 is 0 Å². The van der Waals surface area contributed by atoms with Gasteiger partial charge in [-0.05, 0) is 48.3 Å². The number of hydrogen-bond acceptors (Lipinski definition) is 1. The van der Waals surface area contributed by atoms with Crippen molar-refractivity contribution in [1.29, 1.82) is 0 Å². The first-order valence-electron chi connectivity index (χ1n) is 7.24. The summed E-state index contributed by atoms with van der Waals surface area (Å²) in [4.78, 5) is 12.1. The van der Waals surface area contributed by atoms with Crippen molar-refractivity contribution in [2.24, 2.45) is 17.3 Å². The van der Waals surface area contributed by atoms with Crippen LogP contribution in [0, 0.1) is 23.1 Å². The molecule has 0 amide bonds. The minimum atomic E-state index is -0.332. The summed E-state index contributed by atoms with van der Waals surface area (Å²) in [6.07, 6.45) is 3.18. The summed E-state index contributed by atoms with van der Waals surface area (Å²) in [5.74, 6) is 0.576. The molecule has 20 heavy (non-hydrogen) atoms. The molecule has 110 valence electrons. The fourth-order valence-corrected chi connectivity index (χ4v) is 3.29. The van der Waals surface area contributed by atoms with Crippen molar-refractivity contribution >= 4 is 17.4 Å². The quantitative estimate of drug-likeness (QED) is 0.746. The van der Waals surface area contributed by atoms with Crippen molar-refractivity contribution in [1.82, 2.24) is 0 Å². The van der Waals surface area contributed by atoms with Gasteiger partial charge in [-0.1, -0.05) is 38.4 Å². The monoisotopic (exact) mass is 296 g/mol. The number of carbonyl (C=O) groups is 1. The van der Waals surface area contributed by atoms with Gasteiger partial charge in [0.15, 0.2) is 0 Å². The van der Waals surface area contributed by atoms with Gasteiger partial charge >= 0.3 is 0 Å². The first-order valence-corrected chi connectivity index (χ1v) is 7.62. The van der Waals surface area contributed by atoms with Gasteiger partial charge in [0, 0.05) is 17.4 Å². The Morgan fingerprint density at radius 1 is 1.35 bits per heavy atom. The molecule has 0 heterocycles. The molecule has 1 aromatic carbocycles. The van der Waals surface area contributed by atoms with Gasteiger partial charge in [0.2, 0.25) is 0 Å². The lowest BCUT2D eigenvalue weighted by atomic mass is 9.67. The molecule has 0 bridgehead atoms. The van der Waals surface area contributed by atoms with Gasteiger partial charge < -0.3 is 0 Å². The molecule has 0 spiro atoms. The molecule has 0 radical (unpaired) electrons. The van der Waals surface area contributed by atoms with Crippen molar-refractivity contribution in [2.75, 3.05) is 0 Å². The SMILES string of the molecule is CC(C)(C)C1CCC(=O)C(Cc2ccc(F)cc2Cl)C1. The van der Waals surface area contributed by atoms with E-state index in [0.29, 0.717) is 29.6 Å². The van der Waals surface area contributed by atoms with Crippen molar-refractivity contribution < 1.29 is 9.18 Å². The summed E-state index contributed by atoms with van der Waals surface area (Å²) in [5.41, 5.74) is 1.10. The Bertz CT molecular complexity index is 504. The van der Waals surface area contributed by atoms with Crippen molar-refractivity contribution in [2.45, 2.75) is 46.5 Å². The second-order valence-electron chi connectivity index (χ2n) is 6.94. The molecular formula is C17H22ClFO. The number of carbonyl (C=O) groups excluding carboxylic acids is 1. The third kappa shape index (κ3) is 3.60. The van der Waals surface area contributed by atoms with Gasteiger partial charge in [0.05, 0.1) is 0 Å². The molecular weight excluding hydrogens is 275 g/mol. The molecule has 0 aliphatic heterocycles. The Kier molecular flexibility index (Phi) is 4.53. The second kappa shape index (κ2) is 5.85. The first kappa shape index (κ1) is 15.5. The van der Waals surface area contributed by atoms with Gasteiger partial charge in [-0.2, -0.15) is 0 Å². The predicted molar refractivity (Wildman–Crippen MR) is 80.4 cm³/mol.